The lowest BCUT2D eigenvalue weighted by atomic mass is 10.0. The predicted octanol–water partition coefficient (Wildman–Crippen LogP) is 0.880. The van der Waals surface area contributed by atoms with E-state index in [1.165, 1.54) is 0 Å². The van der Waals surface area contributed by atoms with E-state index in [0.717, 1.165) is 0 Å². The third-order valence-electron chi connectivity index (χ3n) is 4.36. The Bertz CT molecular complexity index is 315. The van der Waals surface area contributed by atoms with Gasteiger partial charge in [0.05, 0.1) is 13.2 Å². The summed E-state index contributed by atoms with van der Waals surface area (Å²) < 4.78 is 11.5. The van der Waals surface area contributed by atoms with E-state index in [1.54, 1.807) is 0 Å². The van der Waals surface area contributed by atoms with Crippen LogP contribution in [-0.2, 0) is 9.16 Å². The topological polar surface area (TPSA) is 82.5 Å². The van der Waals surface area contributed by atoms with Crippen LogP contribution < -0.4 is 0 Å². The van der Waals surface area contributed by atoms with Gasteiger partial charge in [-0.25, -0.2) is 0 Å². The number of ether oxygens (including phenoxy) is 1. The second-order valence-corrected chi connectivity index (χ2v) is 11.9. The first-order valence-corrected chi connectivity index (χ1v) is 9.64. The smallest absolute Gasteiger partial charge is 0.192 e. The van der Waals surface area contributed by atoms with Crippen molar-refractivity contribution in [3.63, 3.8) is 0 Å². The predicted molar refractivity (Wildman–Crippen MR) is 75.5 cm³/mol. The molecule has 1 saturated heterocycles. The lowest BCUT2D eigenvalue weighted by Gasteiger charge is -2.36. The summed E-state index contributed by atoms with van der Waals surface area (Å²) in [5.41, 5.74) is -0.564. The van der Waals surface area contributed by atoms with Crippen molar-refractivity contribution in [3.8, 4) is 0 Å². The van der Waals surface area contributed by atoms with Crippen LogP contribution in [0.1, 0.15) is 27.7 Å². The Labute approximate surface area is 116 Å². The van der Waals surface area contributed by atoms with Gasteiger partial charge in [0.15, 0.2) is 8.32 Å². The van der Waals surface area contributed by atoms with Crippen LogP contribution in [0.3, 0.4) is 0 Å². The van der Waals surface area contributed by atoms with Crippen LogP contribution in [0.25, 0.3) is 0 Å². The van der Waals surface area contributed by atoms with Crippen molar-refractivity contribution in [2.75, 3.05) is 13.2 Å². The second-order valence-electron chi connectivity index (χ2n) is 7.14. The number of aliphatic hydroxyl groups excluding tert-OH is 3. The first-order valence-electron chi connectivity index (χ1n) is 6.73. The van der Waals surface area contributed by atoms with Crippen molar-refractivity contribution in [3.05, 3.63) is 0 Å². The van der Waals surface area contributed by atoms with Crippen LogP contribution in [0.4, 0.5) is 0 Å². The Morgan fingerprint density at radius 2 is 1.84 bits per heavy atom. The molecule has 1 aliphatic heterocycles. The molecule has 4 atom stereocenters. The first kappa shape index (κ1) is 17.1. The van der Waals surface area contributed by atoms with Crippen LogP contribution in [0.2, 0.25) is 18.1 Å². The number of hydrogen-bond donors (Lipinski definition) is 3. The van der Waals surface area contributed by atoms with E-state index in [-0.39, 0.29) is 5.04 Å². The molecule has 114 valence electrons. The van der Waals surface area contributed by atoms with Gasteiger partial charge in [0.25, 0.3) is 0 Å². The summed E-state index contributed by atoms with van der Waals surface area (Å²) in [5.74, 6) is 0. The van der Waals surface area contributed by atoms with Gasteiger partial charge in [-0.3, -0.25) is 0 Å². The van der Waals surface area contributed by atoms with Crippen molar-refractivity contribution in [2.24, 2.45) is 0 Å². The molecule has 1 fully saturated rings. The maximum atomic E-state index is 9.80. The largest absolute Gasteiger partial charge is 0.414 e. The lowest BCUT2D eigenvalue weighted by Crippen LogP contribution is -2.44. The zero-order chi connectivity index (χ0) is 15.1. The minimum Gasteiger partial charge on any atom is -0.414 e. The number of epoxide rings is 1. The van der Waals surface area contributed by atoms with Crippen LogP contribution in [-0.4, -0.2) is 60.8 Å². The lowest BCUT2D eigenvalue weighted by molar-refractivity contribution is -0.0265. The molecule has 3 N–H and O–H groups in total. The minimum absolute atomic E-state index is 0.122. The van der Waals surface area contributed by atoms with E-state index >= 15 is 0 Å². The third-order valence-corrected chi connectivity index (χ3v) is 8.84. The zero-order valence-corrected chi connectivity index (χ0v) is 13.8. The molecule has 0 aromatic heterocycles. The van der Waals surface area contributed by atoms with Gasteiger partial charge in [0.2, 0.25) is 0 Å². The molecular formula is C13H28O5Si. The molecule has 1 rings (SSSR count). The van der Waals surface area contributed by atoms with Crippen molar-refractivity contribution < 1.29 is 24.5 Å². The Balaban J connectivity index is 2.52. The van der Waals surface area contributed by atoms with Crippen molar-refractivity contribution in [1.29, 1.82) is 0 Å². The molecule has 19 heavy (non-hydrogen) atoms. The highest BCUT2D eigenvalue weighted by molar-refractivity contribution is 6.74. The molecule has 0 saturated carbocycles. The summed E-state index contributed by atoms with van der Waals surface area (Å²) in [6, 6.07) is 0. The molecule has 0 aliphatic carbocycles. The van der Waals surface area contributed by atoms with E-state index in [4.69, 9.17) is 14.3 Å². The Kier molecular flexibility index (Phi) is 4.87. The van der Waals surface area contributed by atoms with E-state index in [2.05, 4.69) is 33.9 Å². The van der Waals surface area contributed by atoms with E-state index in [0.29, 0.717) is 6.61 Å². The Hall–Kier alpha value is 0.0169. The minimum atomic E-state index is -1.85. The number of hydrogen-bond acceptors (Lipinski definition) is 5. The normalized spacial score (nSPS) is 31.1. The molecule has 5 nitrogen and oxygen atoms in total. The summed E-state index contributed by atoms with van der Waals surface area (Å²) in [6.07, 6.45) is -2.71. The zero-order valence-electron chi connectivity index (χ0n) is 12.8. The fraction of sp³-hybridized carbons (Fsp3) is 1.00. The molecule has 0 spiro atoms. The maximum Gasteiger partial charge on any atom is 0.192 e. The molecule has 6 heteroatoms. The number of rotatable bonds is 6. The molecule has 0 unspecified atom stereocenters. The van der Waals surface area contributed by atoms with Crippen molar-refractivity contribution >= 4 is 8.32 Å². The van der Waals surface area contributed by atoms with Crippen LogP contribution in [0.5, 0.6) is 0 Å². The SMILES string of the molecule is CC(C)(C)[Si](C)(C)OC[C@]1(C)O[C@H]1[C@H](O)[C@@H](O)CO. The van der Waals surface area contributed by atoms with Gasteiger partial charge in [-0.15, -0.1) is 0 Å². The van der Waals surface area contributed by atoms with Crippen molar-refractivity contribution in [1.82, 2.24) is 0 Å². The number of aliphatic hydroxyl groups is 3. The fourth-order valence-electron chi connectivity index (χ4n) is 1.65. The second kappa shape index (κ2) is 5.42. The highest BCUT2D eigenvalue weighted by Crippen LogP contribution is 2.43. The highest BCUT2D eigenvalue weighted by atomic mass is 28.4. The fourth-order valence-corrected chi connectivity index (χ4v) is 2.73. The molecule has 0 radical (unpaired) electrons. The average Bonchev–Trinajstić information content (AvgIpc) is 2.96. The highest BCUT2D eigenvalue weighted by Gasteiger charge is 2.58. The monoisotopic (exact) mass is 292 g/mol. The summed E-state index contributed by atoms with van der Waals surface area (Å²) in [4.78, 5) is 0. The van der Waals surface area contributed by atoms with Gasteiger partial charge in [0.1, 0.15) is 23.9 Å². The van der Waals surface area contributed by atoms with Gasteiger partial charge in [-0.1, -0.05) is 20.8 Å². The van der Waals surface area contributed by atoms with Gasteiger partial charge in [0, 0.05) is 0 Å². The van der Waals surface area contributed by atoms with E-state index in [9.17, 15) is 10.2 Å². The summed E-state index contributed by atoms with van der Waals surface area (Å²) in [7, 11) is -1.85. The van der Waals surface area contributed by atoms with Gasteiger partial charge >= 0.3 is 0 Å². The van der Waals surface area contributed by atoms with Crippen LogP contribution >= 0.6 is 0 Å². The van der Waals surface area contributed by atoms with Crippen molar-refractivity contribution in [2.45, 2.75) is 69.7 Å². The van der Waals surface area contributed by atoms with E-state index in [1.807, 2.05) is 6.92 Å². The maximum absolute atomic E-state index is 9.80. The van der Waals surface area contributed by atoms with Gasteiger partial charge in [-0.2, -0.15) is 0 Å². The average molecular weight is 292 g/mol. The standard InChI is InChI=1S/C13H28O5Si/c1-12(2,3)19(5,6)17-8-13(4)11(18-13)10(16)9(15)7-14/h9-11,14-16H,7-8H2,1-6H3/t9-,10+,11-,13-/m0/s1. The van der Waals surface area contributed by atoms with Gasteiger partial charge < -0.3 is 24.5 Å². The summed E-state index contributed by atoms with van der Waals surface area (Å²) in [6.45, 7) is 12.6. The van der Waals surface area contributed by atoms with E-state index < -0.39 is 38.8 Å². The Morgan fingerprint density at radius 3 is 2.26 bits per heavy atom. The third kappa shape index (κ3) is 3.77. The quantitative estimate of drug-likeness (QED) is 0.500. The van der Waals surface area contributed by atoms with Crippen LogP contribution in [0, 0.1) is 0 Å². The molecule has 1 aliphatic rings. The molecule has 0 aromatic carbocycles. The summed E-state index contributed by atoms with van der Waals surface area (Å²) in [5, 5.41) is 28.2. The molecule has 1 heterocycles. The molecular weight excluding hydrogens is 264 g/mol. The first-order chi connectivity index (χ1) is 8.44. The van der Waals surface area contributed by atoms with Gasteiger partial charge in [-0.05, 0) is 25.1 Å². The Morgan fingerprint density at radius 1 is 1.32 bits per heavy atom. The molecule has 0 amide bonds. The molecule has 0 aromatic rings. The van der Waals surface area contributed by atoms with Crippen LogP contribution in [0.15, 0.2) is 0 Å². The molecule has 0 bridgehead atoms. The summed E-state index contributed by atoms with van der Waals surface area (Å²) >= 11 is 0.